The molecular weight excluding hydrogens is 276 g/mol. The van der Waals surface area contributed by atoms with Gasteiger partial charge in [0.15, 0.2) is 11.5 Å². The lowest BCUT2D eigenvalue weighted by Gasteiger charge is -2.10. The Labute approximate surface area is 120 Å². The Kier molecular flexibility index (Phi) is 3.25. The van der Waals surface area contributed by atoms with Crippen LogP contribution in [0, 0.1) is 0 Å². The summed E-state index contributed by atoms with van der Waals surface area (Å²) in [6.45, 7) is 1.94. The molecule has 1 amide bonds. The molecule has 2 aliphatic rings. The molecule has 3 rings (SSSR count). The van der Waals surface area contributed by atoms with E-state index in [4.69, 9.17) is 14.6 Å². The molecule has 2 heterocycles. The summed E-state index contributed by atoms with van der Waals surface area (Å²) in [5.74, 6) is -0.0706. The van der Waals surface area contributed by atoms with Gasteiger partial charge >= 0.3 is 5.97 Å². The molecule has 0 fully saturated rings. The standard InChI is InChI=1S/C14H14N2O5/c1-7-8-4-11-12(21-6-20-11)5-10(8)16-14(19)9(15-7)2-3-13(17)18/h4-5,9H,2-3,6H2,1H3,(H,16,19)(H,17,18)/t9-/m0/s1. The number of aliphatic carboxylic acids is 1. The fraction of sp³-hybridized carbons (Fsp3) is 0.357. The third-order valence-electron chi connectivity index (χ3n) is 3.44. The molecule has 21 heavy (non-hydrogen) atoms. The summed E-state index contributed by atoms with van der Waals surface area (Å²) in [7, 11) is 0. The lowest BCUT2D eigenvalue weighted by molar-refractivity contribution is -0.137. The quantitative estimate of drug-likeness (QED) is 0.877. The van der Waals surface area contributed by atoms with E-state index in [1.54, 1.807) is 19.1 Å². The van der Waals surface area contributed by atoms with Crippen LogP contribution in [0.2, 0.25) is 0 Å². The summed E-state index contributed by atoms with van der Waals surface area (Å²) in [5.41, 5.74) is 2.02. The Balaban J connectivity index is 1.93. The third-order valence-corrected chi connectivity index (χ3v) is 3.44. The van der Waals surface area contributed by atoms with Crippen molar-refractivity contribution in [3.8, 4) is 11.5 Å². The van der Waals surface area contributed by atoms with Gasteiger partial charge in [0, 0.05) is 23.8 Å². The first kappa shape index (κ1) is 13.4. The summed E-state index contributed by atoms with van der Waals surface area (Å²) in [4.78, 5) is 27.1. The van der Waals surface area contributed by atoms with Gasteiger partial charge < -0.3 is 19.9 Å². The van der Waals surface area contributed by atoms with Crippen molar-refractivity contribution >= 4 is 23.3 Å². The van der Waals surface area contributed by atoms with Gasteiger partial charge in [0.1, 0.15) is 6.04 Å². The minimum atomic E-state index is -0.946. The molecule has 2 aliphatic heterocycles. The van der Waals surface area contributed by atoms with Crippen molar-refractivity contribution in [3.63, 3.8) is 0 Å². The topological polar surface area (TPSA) is 97.2 Å². The van der Waals surface area contributed by atoms with Gasteiger partial charge in [0.2, 0.25) is 12.7 Å². The maximum absolute atomic E-state index is 12.2. The second-order valence-corrected chi connectivity index (χ2v) is 4.90. The minimum absolute atomic E-state index is 0.103. The maximum atomic E-state index is 12.2. The maximum Gasteiger partial charge on any atom is 0.303 e. The fourth-order valence-corrected chi connectivity index (χ4v) is 2.38. The van der Waals surface area contributed by atoms with E-state index in [0.29, 0.717) is 22.9 Å². The van der Waals surface area contributed by atoms with Crippen LogP contribution in [0.1, 0.15) is 25.3 Å². The number of carbonyl (C=O) groups is 2. The predicted molar refractivity (Wildman–Crippen MR) is 74.1 cm³/mol. The van der Waals surface area contributed by atoms with E-state index in [-0.39, 0.29) is 25.5 Å². The van der Waals surface area contributed by atoms with E-state index in [1.807, 2.05) is 0 Å². The fourth-order valence-electron chi connectivity index (χ4n) is 2.38. The Morgan fingerprint density at radius 3 is 2.86 bits per heavy atom. The normalized spacial score (nSPS) is 19.4. The van der Waals surface area contributed by atoms with Crippen molar-refractivity contribution in [2.45, 2.75) is 25.8 Å². The number of ether oxygens (including phenoxy) is 2. The number of fused-ring (bicyclic) bond motifs is 2. The molecule has 7 heteroatoms. The van der Waals surface area contributed by atoms with Crippen molar-refractivity contribution in [1.82, 2.24) is 0 Å². The van der Waals surface area contributed by atoms with E-state index < -0.39 is 12.0 Å². The van der Waals surface area contributed by atoms with Crippen LogP contribution in [-0.2, 0) is 9.59 Å². The van der Waals surface area contributed by atoms with E-state index in [1.165, 1.54) is 0 Å². The highest BCUT2D eigenvalue weighted by Crippen LogP contribution is 2.38. The summed E-state index contributed by atoms with van der Waals surface area (Å²) in [5, 5.41) is 11.5. The van der Waals surface area contributed by atoms with Crippen LogP contribution in [0.3, 0.4) is 0 Å². The first-order valence-electron chi connectivity index (χ1n) is 6.55. The number of anilines is 1. The molecule has 0 bridgehead atoms. The molecule has 0 radical (unpaired) electrons. The van der Waals surface area contributed by atoms with Gasteiger partial charge in [-0.2, -0.15) is 0 Å². The summed E-state index contributed by atoms with van der Waals surface area (Å²) in [6, 6.07) is 2.77. The Bertz CT molecular complexity index is 653. The lowest BCUT2D eigenvalue weighted by atomic mass is 10.1. The molecule has 110 valence electrons. The Hall–Kier alpha value is -2.57. The van der Waals surface area contributed by atoms with Gasteiger partial charge in [-0.15, -0.1) is 0 Å². The highest BCUT2D eigenvalue weighted by atomic mass is 16.7. The second-order valence-electron chi connectivity index (χ2n) is 4.90. The number of hydrogen-bond donors (Lipinski definition) is 2. The first-order valence-corrected chi connectivity index (χ1v) is 6.55. The van der Waals surface area contributed by atoms with Gasteiger partial charge in [-0.1, -0.05) is 0 Å². The van der Waals surface area contributed by atoms with E-state index in [9.17, 15) is 9.59 Å². The number of carboxylic acid groups (broad SMARTS) is 1. The molecule has 1 aromatic rings. The molecule has 7 nitrogen and oxygen atoms in total. The van der Waals surface area contributed by atoms with Crippen molar-refractivity contribution < 1.29 is 24.2 Å². The highest BCUT2D eigenvalue weighted by Gasteiger charge is 2.26. The summed E-state index contributed by atoms with van der Waals surface area (Å²) < 4.78 is 10.6. The van der Waals surface area contributed by atoms with Crippen LogP contribution >= 0.6 is 0 Å². The minimum Gasteiger partial charge on any atom is -0.481 e. The molecule has 1 atom stereocenters. The number of nitrogens with zero attached hydrogens (tertiary/aromatic N) is 1. The van der Waals surface area contributed by atoms with Gasteiger partial charge in [-0.25, -0.2) is 0 Å². The lowest BCUT2D eigenvalue weighted by Crippen LogP contribution is -2.26. The van der Waals surface area contributed by atoms with Crippen LogP contribution in [-0.4, -0.2) is 35.5 Å². The van der Waals surface area contributed by atoms with Gasteiger partial charge in [0.05, 0.1) is 5.69 Å². The van der Waals surface area contributed by atoms with Crippen LogP contribution in [0.5, 0.6) is 11.5 Å². The Morgan fingerprint density at radius 2 is 2.14 bits per heavy atom. The van der Waals surface area contributed by atoms with Gasteiger partial charge in [-0.05, 0) is 19.4 Å². The van der Waals surface area contributed by atoms with E-state index in [0.717, 1.165) is 5.56 Å². The molecule has 0 aliphatic carbocycles. The van der Waals surface area contributed by atoms with E-state index in [2.05, 4.69) is 10.3 Å². The molecular formula is C14H14N2O5. The summed E-state index contributed by atoms with van der Waals surface area (Å²) in [6.07, 6.45) is 0.0626. The monoisotopic (exact) mass is 290 g/mol. The summed E-state index contributed by atoms with van der Waals surface area (Å²) >= 11 is 0. The smallest absolute Gasteiger partial charge is 0.303 e. The zero-order valence-electron chi connectivity index (χ0n) is 11.4. The molecule has 0 spiro atoms. The van der Waals surface area contributed by atoms with Crippen molar-refractivity contribution in [2.24, 2.45) is 4.99 Å². The zero-order chi connectivity index (χ0) is 15.0. The van der Waals surface area contributed by atoms with Crippen molar-refractivity contribution in [2.75, 3.05) is 12.1 Å². The van der Waals surface area contributed by atoms with Crippen LogP contribution in [0.15, 0.2) is 17.1 Å². The average Bonchev–Trinajstić information content (AvgIpc) is 2.84. The van der Waals surface area contributed by atoms with Crippen LogP contribution in [0.4, 0.5) is 5.69 Å². The number of aliphatic imine (C=N–C) groups is 1. The molecule has 1 aromatic carbocycles. The number of rotatable bonds is 3. The molecule has 2 N–H and O–H groups in total. The average molecular weight is 290 g/mol. The molecule has 0 unspecified atom stereocenters. The number of hydrogen-bond acceptors (Lipinski definition) is 5. The number of benzene rings is 1. The van der Waals surface area contributed by atoms with Crippen LogP contribution < -0.4 is 14.8 Å². The Morgan fingerprint density at radius 1 is 1.43 bits per heavy atom. The number of carboxylic acids is 1. The van der Waals surface area contributed by atoms with Crippen molar-refractivity contribution in [3.05, 3.63) is 17.7 Å². The van der Waals surface area contributed by atoms with Gasteiger partial charge in [0.25, 0.3) is 0 Å². The first-order chi connectivity index (χ1) is 10.0. The SMILES string of the molecule is CC1=N[C@@H](CCC(=O)O)C(=O)Nc2cc3c(cc21)OCO3. The highest BCUT2D eigenvalue weighted by molar-refractivity contribution is 6.11. The zero-order valence-corrected chi connectivity index (χ0v) is 11.4. The second kappa shape index (κ2) is 5.08. The molecule has 0 aromatic heterocycles. The number of carbonyl (C=O) groups excluding carboxylic acids is 1. The number of nitrogens with one attached hydrogen (secondary N) is 1. The third kappa shape index (κ3) is 2.54. The molecule has 0 saturated heterocycles. The van der Waals surface area contributed by atoms with E-state index >= 15 is 0 Å². The largest absolute Gasteiger partial charge is 0.481 e. The van der Waals surface area contributed by atoms with Crippen LogP contribution in [0.25, 0.3) is 0 Å². The van der Waals surface area contributed by atoms with Gasteiger partial charge in [-0.3, -0.25) is 14.6 Å². The van der Waals surface area contributed by atoms with Crippen molar-refractivity contribution in [1.29, 1.82) is 0 Å². The number of amides is 1. The molecule has 0 saturated carbocycles. The predicted octanol–water partition coefficient (Wildman–Crippen LogP) is 1.41.